The Morgan fingerprint density at radius 1 is 1.11 bits per heavy atom. The summed E-state index contributed by atoms with van der Waals surface area (Å²) in [7, 11) is 3.84. The largest absolute Gasteiger partial charge is 0.357 e. The van der Waals surface area contributed by atoms with Crippen molar-refractivity contribution >= 4 is 17.5 Å². The molecular weight excluding hydrogens is 224 g/mol. The summed E-state index contributed by atoms with van der Waals surface area (Å²) < 4.78 is 0. The van der Waals surface area contributed by atoms with E-state index in [2.05, 4.69) is 39.2 Å². The van der Waals surface area contributed by atoms with Crippen molar-refractivity contribution in [3.63, 3.8) is 0 Å². The molecule has 0 aliphatic heterocycles. The highest BCUT2D eigenvalue weighted by atomic mass is 15.2. The van der Waals surface area contributed by atoms with Gasteiger partial charge < -0.3 is 10.2 Å². The van der Waals surface area contributed by atoms with Crippen LogP contribution < -0.4 is 10.2 Å². The van der Waals surface area contributed by atoms with Gasteiger partial charge in [0.15, 0.2) is 0 Å². The molecule has 0 bridgehead atoms. The Labute approximate surface area is 108 Å². The minimum atomic E-state index is 0.644. The van der Waals surface area contributed by atoms with Crippen LogP contribution in [0.5, 0.6) is 0 Å². The SMILES string of the molecule is CNc1nc(C)cc(N(C)c2ccccc2C)n1. The first kappa shape index (κ1) is 12.4. The summed E-state index contributed by atoms with van der Waals surface area (Å²) >= 11 is 0. The molecular formula is C14H18N4. The molecule has 0 saturated heterocycles. The number of rotatable bonds is 3. The first-order valence-corrected chi connectivity index (χ1v) is 5.94. The summed E-state index contributed by atoms with van der Waals surface area (Å²) in [6.45, 7) is 4.07. The van der Waals surface area contributed by atoms with Crippen LogP contribution in [0.3, 0.4) is 0 Å². The van der Waals surface area contributed by atoms with Crippen LogP contribution in [0.15, 0.2) is 30.3 Å². The van der Waals surface area contributed by atoms with E-state index in [-0.39, 0.29) is 0 Å². The Bertz CT molecular complexity index is 551. The lowest BCUT2D eigenvalue weighted by Crippen LogP contribution is -2.14. The molecule has 0 radical (unpaired) electrons. The second kappa shape index (κ2) is 5.04. The predicted molar refractivity (Wildman–Crippen MR) is 75.6 cm³/mol. The fourth-order valence-electron chi connectivity index (χ4n) is 1.90. The molecule has 4 heteroatoms. The summed E-state index contributed by atoms with van der Waals surface area (Å²) in [6.07, 6.45) is 0. The van der Waals surface area contributed by atoms with Crippen molar-refractivity contribution in [2.24, 2.45) is 0 Å². The molecule has 2 rings (SSSR count). The van der Waals surface area contributed by atoms with Gasteiger partial charge in [0.05, 0.1) is 0 Å². The third kappa shape index (κ3) is 2.42. The van der Waals surface area contributed by atoms with Crippen molar-refractivity contribution < 1.29 is 0 Å². The quantitative estimate of drug-likeness (QED) is 0.898. The Kier molecular flexibility index (Phi) is 3.46. The molecule has 0 aliphatic carbocycles. The van der Waals surface area contributed by atoms with Crippen molar-refractivity contribution in [3.8, 4) is 0 Å². The van der Waals surface area contributed by atoms with E-state index >= 15 is 0 Å². The molecule has 0 saturated carbocycles. The van der Waals surface area contributed by atoms with E-state index in [9.17, 15) is 0 Å². The summed E-state index contributed by atoms with van der Waals surface area (Å²) in [5.74, 6) is 1.53. The molecule has 1 heterocycles. The van der Waals surface area contributed by atoms with E-state index in [1.54, 1.807) is 0 Å². The number of benzene rings is 1. The first-order chi connectivity index (χ1) is 8.61. The molecule has 2 aromatic rings. The summed E-state index contributed by atoms with van der Waals surface area (Å²) in [5, 5.41) is 2.98. The van der Waals surface area contributed by atoms with Gasteiger partial charge in [0, 0.05) is 31.5 Å². The average molecular weight is 242 g/mol. The van der Waals surface area contributed by atoms with Gasteiger partial charge >= 0.3 is 0 Å². The summed E-state index contributed by atoms with van der Waals surface area (Å²) in [6, 6.07) is 10.2. The Morgan fingerprint density at radius 2 is 1.83 bits per heavy atom. The third-order valence-electron chi connectivity index (χ3n) is 2.88. The van der Waals surface area contributed by atoms with Crippen LogP contribution in [0.2, 0.25) is 0 Å². The van der Waals surface area contributed by atoms with Crippen molar-refractivity contribution in [2.75, 3.05) is 24.3 Å². The zero-order chi connectivity index (χ0) is 13.1. The number of aryl methyl sites for hydroxylation is 2. The molecule has 0 aliphatic rings. The minimum absolute atomic E-state index is 0.644. The lowest BCUT2D eigenvalue weighted by atomic mass is 10.2. The van der Waals surface area contributed by atoms with Gasteiger partial charge in [-0.3, -0.25) is 0 Å². The van der Waals surface area contributed by atoms with E-state index in [1.165, 1.54) is 5.56 Å². The average Bonchev–Trinajstić information content (AvgIpc) is 2.37. The molecule has 0 spiro atoms. The van der Waals surface area contributed by atoms with Crippen LogP contribution in [-0.4, -0.2) is 24.1 Å². The van der Waals surface area contributed by atoms with Gasteiger partial charge in [-0.1, -0.05) is 18.2 Å². The Hall–Kier alpha value is -2.10. The minimum Gasteiger partial charge on any atom is -0.357 e. The zero-order valence-corrected chi connectivity index (χ0v) is 11.2. The highest BCUT2D eigenvalue weighted by molar-refractivity contribution is 5.63. The Balaban J connectivity index is 2.43. The van der Waals surface area contributed by atoms with Gasteiger partial charge in [-0.05, 0) is 25.5 Å². The second-order valence-electron chi connectivity index (χ2n) is 4.29. The maximum Gasteiger partial charge on any atom is 0.224 e. The van der Waals surface area contributed by atoms with E-state index < -0.39 is 0 Å². The fourth-order valence-corrected chi connectivity index (χ4v) is 1.90. The van der Waals surface area contributed by atoms with Gasteiger partial charge in [0.2, 0.25) is 5.95 Å². The molecule has 1 aromatic carbocycles. The van der Waals surface area contributed by atoms with E-state index in [0.29, 0.717) is 5.95 Å². The number of anilines is 3. The molecule has 0 amide bonds. The highest BCUT2D eigenvalue weighted by Crippen LogP contribution is 2.25. The summed E-state index contributed by atoms with van der Waals surface area (Å²) in [5.41, 5.74) is 3.32. The topological polar surface area (TPSA) is 41.1 Å². The molecule has 0 atom stereocenters. The van der Waals surface area contributed by atoms with Crippen LogP contribution in [0.4, 0.5) is 17.5 Å². The van der Waals surface area contributed by atoms with E-state index in [1.807, 2.05) is 39.2 Å². The van der Waals surface area contributed by atoms with Crippen LogP contribution in [0.1, 0.15) is 11.3 Å². The van der Waals surface area contributed by atoms with Gasteiger partial charge in [-0.15, -0.1) is 0 Å². The lowest BCUT2D eigenvalue weighted by Gasteiger charge is -2.21. The van der Waals surface area contributed by atoms with Gasteiger partial charge in [-0.25, -0.2) is 4.98 Å². The third-order valence-corrected chi connectivity index (χ3v) is 2.88. The number of hydrogen-bond acceptors (Lipinski definition) is 4. The first-order valence-electron chi connectivity index (χ1n) is 5.94. The number of nitrogens with zero attached hydrogens (tertiary/aromatic N) is 3. The molecule has 1 N–H and O–H groups in total. The number of hydrogen-bond donors (Lipinski definition) is 1. The molecule has 18 heavy (non-hydrogen) atoms. The standard InChI is InChI=1S/C14H18N4/c1-10-7-5-6-8-12(10)18(4)13-9-11(2)16-14(15-3)17-13/h5-9H,1-4H3,(H,15,16,17). The van der Waals surface area contributed by atoms with Crippen molar-refractivity contribution in [2.45, 2.75) is 13.8 Å². The number of para-hydroxylation sites is 1. The molecule has 1 aromatic heterocycles. The maximum atomic E-state index is 4.47. The lowest BCUT2D eigenvalue weighted by molar-refractivity contribution is 1.04. The zero-order valence-electron chi connectivity index (χ0n) is 11.2. The molecule has 94 valence electrons. The van der Waals surface area contributed by atoms with Crippen molar-refractivity contribution in [1.82, 2.24) is 9.97 Å². The molecule has 0 fully saturated rings. The molecule has 0 unspecified atom stereocenters. The van der Waals surface area contributed by atoms with Gasteiger partial charge in [-0.2, -0.15) is 4.98 Å². The van der Waals surface area contributed by atoms with E-state index in [4.69, 9.17) is 0 Å². The van der Waals surface area contributed by atoms with Gasteiger partial charge in [0.1, 0.15) is 5.82 Å². The fraction of sp³-hybridized carbons (Fsp3) is 0.286. The second-order valence-corrected chi connectivity index (χ2v) is 4.29. The van der Waals surface area contributed by atoms with Gasteiger partial charge in [0.25, 0.3) is 0 Å². The van der Waals surface area contributed by atoms with Crippen LogP contribution in [-0.2, 0) is 0 Å². The number of nitrogens with one attached hydrogen (secondary N) is 1. The predicted octanol–water partition coefficient (Wildman–Crippen LogP) is 2.90. The van der Waals surface area contributed by atoms with Crippen LogP contribution in [0, 0.1) is 13.8 Å². The summed E-state index contributed by atoms with van der Waals surface area (Å²) in [4.78, 5) is 10.8. The molecule has 4 nitrogen and oxygen atoms in total. The van der Waals surface area contributed by atoms with Crippen LogP contribution in [0.25, 0.3) is 0 Å². The smallest absolute Gasteiger partial charge is 0.224 e. The van der Waals surface area contributed by atoms with Crippen molar-refractivity contribution in [3.05, 3.63) is 41.6 Å². The van der Waals surface area contributed by atoms with Crippen molar-refractivity contribution in [1.29, 1.82) is 0 Å². The number of aromatic nitrogens is 2. The maximum absolute atomic E-state index is 4.47. The highest BCUT2D eigenvalue weighted by Gasteiger charge is 2.09. The van der Waals surface area contributed by atoms with Crippen LogP contribution >= 0.6 is 0 Å². The monoisotopic (exact) mass is 242 g/mol. The van der Waals surface area contributed by atoms with E-state index in [0.717, 1.165) is 17.2 Å². The Morgan fingerprint density at radius 3 is 2.50 bits per heavy atom. The normalized spacial score (nSPS) is 10.2.